The van der Waals surface area contributed by atoms with E-state index < -0.39 is 0 Å². The number of anilines is 1. The zero-order valence-corrected chi connectivity index (χ0v) is 19.5. The molecule has 0 bridgehead atoms. The van der Waals surface area contributed by atoms with E-state index in [2.05, 4.69) is 20.5 Å². The number of halogens is 1. The predicted molar refractivity (Wildman–Crippen MR) is 126 cm³/mol. The maximum atomic E-state index is 6.60. The molecule has 1 aliphatic heterocycles. The van der Waals surface area contributed by atoms with Gasteiger partial charge in [-0.3, -0.25) is 9.38 Å². The Balaban J connectivity index is 1.64. The van der Waals surface area contributed by atoms with Gasteiger partial charge in [-0.25, -0.2) is 4.98 Å². The molecule has 0 atom stereocenters. The number of benzene rings is 1. The van der Waals surface area contributed by atoms with Crippen molar-refractivity contribution in [2.24, 2.45) is 5.92 Å². The number of hydrogen-bond donors (Lipinski definition) is 0. The Labute approximate surface area is 191 Å². The van der Waals surface area contributed by atoms with Gasteiger partial charge < -0.3 is 14.4 Å². The zero-order chi connectivity index (χ0) is 21.4. The molecule has 164 valence electrons. The number of aromatic nitrogens is 3. The Morgan fingerprint density at radius 3 is 2.74 bits per heavy atom. The van der Waals surface area contributed by atoms with E-state index in [1.807, 2.05) is 30.6 Å². The highest BCUT2D eigenvalue weighted by molar-refractivity contribution is 7.98. The first-order valence-corrected chi connectivity index (χ1v) is 12.4. The number of hydrogen-bond acceptors (Lipinski definition) is 6. The van der Waals surface area contributed by atoms with E-state index in [0.29, 0.717) is 11.1 Å². The fourth-order valence-corrected chi connectivity index (χ4v) is 5.17. The van der Waals surface area contributed by atoms with Crippen LogP contribution in [0.1, 0.15) is 25.7 Å². The molecule has 5 rings (SSSR count). The molecule has 2 aromatic heterocycles. The minimum absolute atomic E-state index is 0.473. The van der Waals surface area contributed by atoms with Crippen LogP contribution >= 0.6 is 23.4 Å². The topological polar surface area (TPSA) is 51.9 Å². The van der Waals surface area contributed by atoms with E-state index in [0.717, 1.165) is 66.2 Å². The molecule has 1 aromatic carbocycles. The van der Waals surface area contributed by atoms with Gasteiger partial charge in [0.25, 0.3) is 0 Å². The van der Waals surface area contributed by atoms with Crippen LogP contribution in [0.3, 0.4) is 0 Å². The maximum absolute atomic E-state index is 6.60. The lowest BCUT2D eigenvalue weighted by atomic mass is 10.1. The van der Waals surface area contributed by atoms with Crippen LogP contribution in [0.25, 0.3) is 16.9 Å². The van der Waals surface area contributed by atoms with Crippen molar-refractivity contribution in [1.82, 2.24) is 14.4 Å². The summed E-state index contributed by atoms with van der Waals surface area (Å²) in [7, 11) is 1.64. The highest BCUT2D eigenvalue weighted by atomic mass is 35.5. The van der Waals surface area contributed by atoms with Crippen LogP contribution in [0, 0.1) is 5.92 Å². The van der Waals surface area contributed by atoms with Crippen molar-refractivity contribution >= 4 is 34.8 Å². The van der Waals surface area contributed by atoms with Gasteiger partial charge in [-0.2, -0.15) is 0 Å². The van der Waals surface area contributed by atoms with Gasteiger partial charge in [-0.05, 0) is 56.1 Å². The molecule has 3 heterocycles. The second kappa shape index (κ2) is 8.88. The highest BCUT2D eigenvalue weighted by Crippen LogP contribution is 2.40. The van der Waals surface area contributed by atoms with Crippen molar-refractivity contribution in [3.8, 4) is 17.0 Å². The number of fused-ring (bicyclic) bond motifs is 1. The largest absolute Gasteiger partial charge is 0.497 e. The van der Waals surface area contributed by atoms with E-state index in [1.165, 1.54) is 18.7 Å². The van der Waals surface area contributed by atoms with Gasteiger partial charge in [0.15, 0.2) is 5.65 Å². The number of imidazole rings is 1. The summed E-state index contributed by atoms with van der Waals surface area (Å²) in [6, 6.07) is 6.16. The third-order valence-corrected chi connectivity index (χ3v) is 7.14. The van der Waals surface area contributed by atoms with Crippen molar-refractivity contribution in [3.05, 3.63) is 35.6 Å². The molecule has 31 heavy (non-hydrogen) atoms. The molecule has 1 saturated heterocycles. The molecule has 1 saturated carbocycles. The SMILES string of the molecule is COc1ccc(-c2nccn3c(N(CC4CC4)C4CCOCC4)c(SC)nc23)c(Cl)c1. The molecular formula is C23H27ClN4O2S. The number of ether oxygens (including phenoxy) is 2. The van der Waals surface area contributed by atoms with E-state index in [4.69, 9.17) is 26.1 Å². The number of thioether (sulfide) groups is 1. The summed E-state index contributed by atoms with van der Waals surface area (Å²) >= 11 is 8.29. The number of nitrogens with zero attached hydrogens (tertiary/aromatic N) is 4. The molecule has 6 nitrogen and oxygen atoms in total. The monoisotopic (exact) mass is 458 g/mol. The van der Waals surface area contributed by atoms with Crippen molar-refractivity contribution in [2.75, 3.05) is 38.0 Å². The van der Waals surface area contributed by atoms with Crippen molar-refractivity contribution < 1.29 is 9.47 Å². The Kier molecular flexibility index (Phi) is 5.99. The lowest BCUT2D eigenvalue weighted by Crippen LogP contribution is -2.41. The van der Waals surface area contributed by atoms with E-state index in [1.54, 1.807) is 18.9 Å². The standard InChI is InChI=1S/C23H27ClN4O2S/c1-29-17-5-6-18(19(24)13-17)20-21-26-22(31-2)23(27(21)10-9-25-20)28(14-15-3-4-15)16-7-11-30-12-8-16/h5-6,9-10,13,15-16H,3-4,7-8,11-12,14H2,1-2H3. The summed E-state index contributed by atoms with van der Waals surface area (Å²) in [6.07, 6.45) is 10.7. The Bertz CT molecular complexity index is 1080. The smallest absolute Gasteiger partial charge is 0.166 e. The van der Waals surface area contributed by atoms with Crippen LogP contribution in [-0.4, -0.2) is 53.5 Å². The van der Waals surface area contributed by atoms with Crippen molar-refractivity contribution in [1.29, 1.82) is 0 Å². The Hall–Kier alpha value is -1.96. The first-order chi connectivity index (χ1) is 15.2. The van der Waals surface area contributed by atoms with Crippen molar-refractivity contribution in [2.45, 2.75) is 36.8 Å². The van der Waals surface area contributed by atoms with Gasteiger partial charge in [-0.15, -0.1) is 11.8 Å². The minimum atomic E-state index is 0.473. The normalized spacial score (nSPS) is 17.3. The Morgan fingerprint density at radius 2 is 2.06 bits per heavy atom. The maximum Gasteiger partial charge on any atom is 0.166 e. The van der Waals surface area contributed by atoms with Crippen molar-refractivity contribution in [3.63, 3.8) is 0 Å². The number of rotatable bonds is 7. The third-order valence-electron chi connectivity index (χ3n) is 6.17. The van der Waals surface area contributed by atoms with Gasteiger partial charge in [0.2, 0.25) is 0 Å². The molecule has 8 heteroatoms. The van der Waals surface area contributed by atoms with Crippen LogP contribution in [0.2, 0.25) is 5.02 Å². The van der Waals surface area contributed by atoms with E-state index in [9.17, 15) is 0 Å². The van der Waals surface area contributed by atoms with Gasteiger partial charge in [-0.1, -0.05) is 11.6 Å². The average Bonchev–Trinajstić information content (AvgIpc) is 3.55. The molecular weight excluding hydrogens is 432 g/mol. The van der Waals surface area contributed by atoms with E-state index in [-0.39, 0.29) is 0 Å². The minimum Gasteiger partial charge on any atom is -0.497 e. The molecule has 0 N–H and O–H groups in total. The molecule has 2 aliphatic rings. The van der Waals surface area contributed by atoms with Crippen LogP contribution < -0.4 is 9.64 Å². The third kappa shape index (κ3) is 4.11. The second-order valence-corrected chi connectivity index (χ2v) is 9.40. The highest BCUT2D eigenvalue weighted by Gasteiger charge is 2.33. The summed E-state index contributed by atoms with van der Waals surface area (Å²) < 4.78 is 13.2. The number of methoxy groups -OCH3 is 1. The van der Waals surface area contributed by atoms with Gasteiger partial charge >= 0.3 is 0 Å². The molecule has 0 radical (unpaired) electrons. The van der Waals surface area contributed by atoms with Gasteiger partial charge in [0.05, 0.1) is 12.1 Å². The molecule has 3 aromatic rings. The van der Waals surface area contributed by atoms with Crippen LogP contribution in [-0.2, 0) is 4.74 Å². The Morgan fingerprint density at radius 1 is 1.26 bits per heavy atom. The zero-order valence-electron chi connectivity index (χ0n) is 17.9. The molecule has 0 spiro atoms. The summed E-state index contributed by atoms with van der Waals surface area (Å²) in [4.78, 5) is 12.3. The molecule has 1 aliphatic carbocycles. The second-order valence-electron chi connectivity index (χ2n) is 8.20. The quantitative estimate of drug-likeness (QED) is 0.455. The summed E-state index contributed by atoms with van der Waals surface area (Å²) in [5.74, 6) is 2.68. The average molecular weight is 459 g/mol. The lowest BCUT2D eigenvalue weighted by Gasteiger charge is -2.36. The van der Waals surface area contributed by atoms with Gasteiger partial charge in [0, 0.05) is 43.8 Å². The first kappa shape index (κ1) is 20.9. The van der Waals surface area contributed by atoms with Crippen LogP contribution in [0.4, 0.5) is 5.82 Å². The summed E-state index contributed by atoms with van der Waals surface area (Å²) in [5, 5.41) is 1.64. The summed E-state index contributed by atoms with van der Waals surface area (Å²) in [6.45, 7) is 2.73. The molecule has 0 unspecified atom stereocenters. The fraction of sp³-hybridized carbons (Fsp3) is 0.478. The lowest BCUT2D eigenvalue weighted by molar-refractivity contribution is 0.0839. The fourth-order valence-electron chi connectivity index (χ4n) is 4.33. The summed E-state index contributed by atoms with van der Waals surface area (Å²) in [5.41, 5.74) is 2.48. The van der Waals surface area contributed by atoms with Crippen LogP contribution in [0.5, 0.6) is 5.75 Å². The van der Waals surface area contributed by atoms with Crippen LogP contribution in [0.15, 0.2) is 35.6 Å². The molecule has 2 fully saturated rings. The first-order valence-electron chi connectivity index (χ1n) is 10.8. The molecule has 0 amide bonds. The van der Waals surface area contributed by atoms with E-state index >= 15 is 0 Å². The predicted octanol–water partition coefficient (Wildman–Crippen LogP) is 5.18. The van der Waals surface area contributed by atoms with Gasteiger partial charge in [0.1, 0.15) is 22.3 Å².